The van der Waals surface area contributed by atoms with Crippen LogP contribution in [-0.4, -0.2) is 51.0 Å². The number of hydrogen-bond donors (Lipinski definition) is 3. The summed E-state index contributed by atoms with van der Waals surface area (Å²) >= 11 is 0. The summed E-state index contributed by atoms with van der Waals surface area (Å²) in [5, 5.41) is 30.5. The molecule has 5 nitrogen and oxygen atoms in total. The summed E-state index contributed by atoms with van der Waals surface area (Å²) in [5.74, 6) is 0. The predicted octanol–water partition coefficient (Wildman–Crippen LogP) is 2.45. The van der Waals surface area contributed by atoms with E-state index in [1.807, 2.05) is 18.2 Å². The van der Waals surface area contributed by atoms with Crippen molar-refractivity contribution in [3.8, 4) is 0 Å². The van der Waals surface area contributed by atoms with Gasteiger partial charge in [-0.25, -0.2) is 0 Å². The summed E-state index contributed by atoms with van der Waals surface area (Å²) < 4.78 is 0. The number of aliphatic hydroxyl groups excluding tert-OH is 1. The number of aromatic nitrogens is 2. The standard InChI is InChI=1S/C21H25N3O2/c25-19(14-16-5-6-17-3-1-2-4-18(17)13-16)15-24-11-8-21(26,9-12-24)20-7-10-22-23-20/h1-7,10,13,19,25-26H,8-9,11-12,14-15H2,(H,22,23). The van der Waals surface area contributed by atoms with Gasteiger partial charge >= 0.3 is 0 Å². The Morgan fingerprint density at radius 2 is 1.85 bits per heavy atom. The van der Waals surface area contributed by atoms with E-state index in [1.54, 1.807) is 6.20 Å². The summed E-state index contributed by atoms with van der Waals surface area (Å²) in [6, 6.07) is 16.5. The lowest BCUT2D eigenvalue weighted by molar-refractivity contribution is -0.0372. The zero-order valence-corrected chi connectivity index (χ0v) is 14.8. The zero-order chi connectivity index (χ0) is 18.0. The number of nitrogens with zero attached hydrogens (tertiary/aromatic N) is 2. The molecule has 1 aliphatic rings. The molecule has 0 saturated carbocycles. The van der Waals surface area contributed by atoms with Gasteiger partial charge in [0.25, 0.3) is 0 Å². The molecule has 3 N–H and O–H groups in total. The van der Waals surface area contributed by atoms with E-state index in [2.05, 4.69) is 45.4 Å². The molecule has 5 heteroatoms. The lowest BCUT2D eigenvalue weighted by atomic mass is 9.88. The Morgan fingerprint density at radius 3 is 2.58 bits per heavy atom. The van der Waals surface area contributed by atoms with Crippen LogP contribution >= 0.6 is 0 Å². The molecule has 2 heterocycles. The first-order valence-corrected chi connectivity index (χ1v) is 9.23. The van der Waals surface area contributed by atoms with Crippen molar-refractivity contribution in [1.29, 1.82) is 0 Å². The largest absolute Gasteiger partial charge is 0.391 e. The number of β-amino-alcohol motifs (C(OH)–C–C–N with tert-alkyl or cyclic N) is 1. The molecule has 1 atom stereocenters. The van der Waals surface area contributed by atoms with E-state index >= 15 is 0 Å². The molecule has 0 aliphatic carbocycles. The van der Waals surface area contributed by atoms with Crippen molar-refractivity contribution in [2.24, 2.45) is 0 Å². The third kappa shape index (κ3) is 3.65. The molecule has 1 saturated heterocycles. The number of benzene rings is 2. The van der Waals surface area contributed by atoms with Crippen molar-refractivity contribution in [2.45, 2.75) is 31.0 Å². The van der Waals surface area contributed by atoms with Gasteiger partial charge in [0.2, 0.25) is 0 Å². The minimum atomic E-state index is -0.823. The number of nitrogens with one attached hydrogen (secondary N) is 1. The highest BCUT2D eigenvalue weighted by molar-refractivity contribution is 5.82. The lowest BCUT2D eigenvalue weighted by Gasteiger charge is -2.38. The molecule has 0 radical (unpaired) electrons. The third-order valence-electron chi connectivity index (χ3n) is 5.44. The van der Waals surface area contributed by atoms with Gasteiger partial charge in [0.05, 0.1) is 11.8 Å². The molecular weight excluding hydrogens is 326 g/mol. The van der Waals surface area contributed by atoms with Gasteiger partial charge in [0.15, 0.2) is 0 Å². The van der Waals surface area contributed by atoms with E-state index in [0.29, 0.717) is 25.8 Å². The van der Waals surface area contributed by atoms with Crippen LogP contribution in [0.2, 0.25) is 0 Å². The average molecular weight is 351 g/mol. The van der Waals surface area contributed by atoms with Gasteiger partial charge in [-0.1, -0.05) is 42.5 Å². The molecule has 1 aliphatic heterocycles. The second kappa shape index (κ2) is 7.19. The van der Waals surface area contributed by atoms with Crippen molar-refractivity contribution in [3.05, 3.63) is 66.0 Å². The minimum Gasteiger partial charge on any atom is -0.391 e. The van der Waals surface area contributed by atoms with E-state index in [0.717, 1.165) is 24.3 Å². The second-order valence-corrected chi connectivity index (χ2v) is 7.34. The predicted molar refractivity (Wildman–Crippen MR) is 102 cm³/mol. The molecular formula is C21H25N3O2. The fraction of sp³-hybridized carbons (Fsp3) is 0.381. The van der Waals surface area contributed by atoms with Crippen LogP contribution < -0.4 is 0 Å². The van der Waals surface area contributed by atoms with Crippen molar-refractivity contribution in [1.82, 2.24) is 15.1 Å². The summed E-state index contributed by atoms with van der Waals surface area (Å²) in [4.78, 5) is 2.23. The van der Waals surface area contributed by atoms with Crippen LogP contribution in [0.4, 0.5) is 0 Å². The third-order valence-corrected chi connectivity index (χ3v) is 5.44. The van der Waals surface area contributed by atoms with Crippen molar-refractivity contribution < 1.29 is 10.2 Å². The maximum Gasteiger partial charge on any atom is 0.108 e. The van der Waals surface area contributed by atoms with Crippen LogP contribution in [0, 0.1) is 0 Å². The molecule has 1 aromatic heterocycles. The van der Waals surface area contributed by atoms with Crippen LogP contribution in [0.5, 0.6) is 0 Å². The van der Waals surface area contributed by atoms with Gasteiger partial charge in [0, 0.05) is 25.8 Å². The number of aliphatic hydroxyl groups is 2. The Bertz CT molecular complexity index is 855. The second-order valence-electron chi connectivity index (χ2n) is 7.34. The van der Waals surface area contributed by atoms with Gasteiger partial charge in [-0.05, 0) is 41.7 Å². The van der Waals surface area contributed by atoms with E-state index in [9.17, 15) is 10.2 Å². The molecule has 0 bridgehead atoms. The maximum absolute atomic E-state index is 10.8. The van der Waals surface area contributed by atoms with Crippen LogP contribution in [0.1, 0.15) is 24.1 Å². The number of H-pyrrole nitrogens is 1. The highest BCUT2D eigenvalue weighted by Crippen LogP contribution is 2.31. The van der Waals surface area contributed by atoms with Gasteiger partial charge < -0.3 is 15.1 Å². The first kappa shape index (κ1) is 17.2. The lowest BCUT2D eigenvalue weighted by Crippen LogP contribution is -2.45. The van der Waals surface area contributed by atoms with Crippen LogP contribution in [0.15, 0.2) is 54.7 Å². The molecule has 0 spiro atoms. The van der Waals surface area contributed by atoms with Crippen LogP contribution in [0.25, 0.3) is 10.8 Å². The summed E-state index contributed by atoms with van der Waals surface area (Å²) in [7, 11) is 0. The van der Waals surface area contributed by atoms with Gasteiger partial charge in [-0.15, -0.1) is 0 Å². The average Bonchev–Trinajstić information content (AvgIpc) is 3.19. The molecule has 0 amide bonds. The zero-order valence-electron chi connectivity index (χ0n) is 14.8. The topological polar surface area (TPSA) is 72.4 Å². The molecule has 136 valence electrons. The van der Waals surface area contributed by atoms with E-state index in [1.165, 1.54) is 10.8 Å². The highest BCUT2D eigenvalue weighted by Gasteiger charge is 2.35. The van der Waals surface area contributed by atoms with E-state index in [4.69, 9.17) is 0 Å². The quantitative estimate of drug-likeness (QED) is 0.660. The van der Waals surface area contributed by atoms with Crippen LogP contribution in [0.3, 0.4) is 0 Å². The normalized spacial score (nSPS) is 18.8. The molecule has 3 aromatic rings. The number of rotatable bonds is 5. The maximum atomic E-state index is 10.8. The van der Waals surface area contributed by atoms with Crippen molar-refractivity contribution in [3.63, 3.8) is 0 Å². The summed E-state index contributed by atoms with van der Waals surface area (Å²) in [5.41, 5.74) is 1.12. The first-order valence-electron chi connectivity index (χ1n) is 9.23. The highest BCUT2D eigenvalue weighted by atomic mass is 16.3. The first-order chi connectivity index (χ1) is 12.6. The summed E-state index contributed by atoms with van der Waals surface area (Å²) in [6.45, 7) is 2.17. The van der Waals surface area contributed by atoms with E-state index < -0.39 is 11.7 Å². The fourth-order valence-electron chi connectivity index (χ4n) is 3.89. The molecule has 1 unspecified atom stereocenters. The Kier molecular flexibility index (Phi) is 4.76. The van der Waals surface area contributed by atoms with Gasteiger partial charge in [0.1, 0.15) is 5.60 Å². The number of fused-ring (bicyclic) bond motifs is 1. The molecule has 2 aromatic carbocycles. The van der Waals surface area contributed by atoms with Crippen molar-refractivity contribution in [2.75, 3.05) is 19.6 Å². The van der Waals surface area contributed by atoms with Crippen LogP contribution in [-0.2, 0) is 12.0 Å². The molecule has 1 fully saturated rings. The summed E-state index contributed by atoms with van der Waals surface area (Å²) in [6.07, 6.45) is 3.21. The Balaban J connectivity index is 1.33. The van der Waals surface area contributed by atoms with Crippen molar-refractivity contribution >= 4 is 10.8 Å². The number of piperidine rings is 1. The number of aromatic amines is 1. The smallest absolute Gasteiger partial charge is 0.108 e. The number of hydrogen-bond acceptors (Lipinski definition) is 4. The minimum absolute atomic E-state index is 0.408. The Morgan fingerprint density at radius 1 is 1.08 bits per heavy atom. The fourth-order valence-corrected chi connectivity index (χ4v) is 3.89. The molecule has 4 rings (SSSR count). The van der Waals surface area contributed by atoms with Gasteiger partial charge in [-0.2, -0.15) is 5.10 Å². The SMILES string of the molecule is OC(Cc1ccc2ccccc2c1)CN1CCC(O)(c2ccn[nH]2)CC1. The Labute approximate surface area is 153 Å². The molecule has 26 heavy (non-hydrogen) atoms. The van der Waals surface area contributed by atoms with Gasteiger partial charge in [-0.3, -0.25) is 5.10 Å². The monoisotopic (exact) mass is 351 g/mol. The van der Waals surface area contributed by atoms with E-state index in [-0.39, 0.29) is 0 Å². The Hall–Kier alpha value is -2.21. The number of likely N-dealkylation sites (tertiary alicyclic amines) is 1.